The van der Waals surface area contributed by atoms with E-state index in [9.17, 15) is 0 Å². The lowest BCUT2D eigenvalue weighted by atomic mass is 10.2. The number of hydrogen-bond acceptors (Lipinski definition) is 4. The zero-order chi connectivity index (χ0) is 16.8. The lowest BCUT2D eigenvalue weighted by Crippen LogP contribution is -2.36. The number of rotatable bonds is 5. The van der Waals surface area contributed by atoms with Gasteiger partial charge in [-0.15, -0.1) is 24.0 Å². The number of benzene rings is 1. The molecule has 0 radical (unpaired) electrons. The molecule has 1 aromatic heterocycles. The molecule has 0 saturated heterocycles. The summed E-state index contributed by atoms with van der Waals surface area (Å²) in [7, 11) is 3.39. The molecule has 24 heavy (non-hydrogen) atoms. The number of aliphatic imine (C=N–C) groups is 1. The van der Waals surface area contributed by atoms with Crippen molar-refractivity contribution in [3.63, 3.8) is 0 Å². The highest BCUT2D eigenvalue weighted by atomic mass is 127. The number of aryl methyl sites for hydroxylation is 2. The molecule has 0 atom stereocenters. The first-order valence-corrected chi connectivity index (χ1v) is 8.03. The number of guanidine groups is 1. The molecule has 6 nitrogen and oxygen atoms in total. The van der Waals surface area contributed by atoms with E-state index in [-0.39, 0.29) is 24.0 Å². The van der Waals surface area contributed by atoms with E-state index in [2.05, 4.69) is 36.7 Å². The van der Waals surface area contributed by atoms with Crippen LogP contribution >= 0.6 is 39.9 Å². The molecule has 0 fully saturated rings. The average Bonchev–Trinajstić information content (AvgIpc) is 2.86. The van der Waals surface area contributed by atoms with Crippen molar-refractivity contribution in [1.29, 1.82) is 0 Å². The Morgan fingerprint density at radius 3 is 2.54 bits per heavy atom. The highest BCUT2D eigenvalue weighted by Gasteiger charge is 2.09. The Hall–Kier alpha value is -1.29. The van der Waals surface area contributed by atoms with E-state index in [1.807, 2.05) is 32.0 Å². The number of methoxy groups -OCH3 is 1. The van der Waals surface area contributed by atoms with Crippen LogP contribution in [0.25, 0.3) is 0 Å². The van der Waals surface area contributed by atoms with Gasteiger partial charge in [0, 0.05) is 25.7 Å². The zero-order valence-corrected chi connectivity index (χ0v) is 18.1. The molecule has 8 heteroatoms. The van der Waals surface area contributed by atoms with Crippen LogP contribution in [-0.4, -0.2) is 25.3 Å². The third kappa shape index (κ3) is 5.37. The highest BCUT2D eigenvalue weighted by molar-refractivity contribution is 14.0. The van der Waals surface area contributed by atoms with E-state index in [0.717, 1.165) is 38.8 Å². The molecular weight excluding hydrogens is 487 g/mol. The van der Waals surface area contributed by atoms with E-state index in [0.29, 0.717) is 13.1 Å². The van der Waals surface area contributed by atoms with Crippen LogP contribution in [0.3, 0.4) is 0 Å². The predicted molar refractivity (Wildman–Crippen MR) is 109 cm³/mol. The fourth-order valence-corrected chi connectivity index (χ4v) is 2.74. The lowest BCUT2D eigenvalue weighted by molar-refractivity contribution is 0.392. The standard InChI is InChI=1S/C16H21BrN4O2.HI/c1-10-13(11(2)23-21-10)9-20-16(18-3)19-8-12-5-6-15(22-4)14(17)7-12;/h5-7H,8-9H2,1-4H3,(H2,18,19,20);1H. The fraction of sp³-hybridized carbons (Fsp3) is 0.375. The van der Waals surface area contributed by atoms with Crippen molar-refractivity contribution in [2.24, 2.45) is 4.99 Å². The Kier molecular flexibility index (Phi) is 8.54. The van der Waals surface area contributed by atoms with Gasteiger partial charge in [-0.25, -0.2) is 0 Å². The van der Waals surface area contributed by atoms with Crippen LogP contribution in [0.15, 0.2) is 32.2 Å². The SMILES string of the molecule is CN=C(NCc1ccc(OC)c(Br)c1)NCc1c(C)noc1C.I. The first kappa shape index (κ1) is 20.8. The van der Waals surface area contributed by atoms with Crippen molar-refractivity contribution in [2.45, 2.75) is 26.9 Å². The summed E-state index contributed by atoms with van der Waals surface area (Å²) in [6.07, 6.45) is 0. The number of aromatic nitrogens is 1. The summed E-state index contributed by atoms with van der Waals surface area (Å²) in [4.78, 5) is 4.23. The van der Waals surface area contributed by atoms with Crippen LogP contribution < -0.4 is 15.4 Å². The topological polar surface area (TPSA) is 71.7 Å². The van der Waals surface area contributed by atoms with Gasteiger partial charge in [0.25, 0.3) is 0 Å². The van der Waals surface area contributed by atoms with E-state index >= 15 is 0 Å². The normalized spacial score (nSPS) is 11.0. The minimum Gasteiger partial charge on any atom is -0.496 e. The van der Waals surface area contributed by atoms with Crippen molar-refractivity contribution < 1.29 is 9.26 Å². The van der Waals surface area contributed by atoms with Gasteiger partial charge >= 0.3 is 0 Å². The van der Waals surface area contributed by atoms with Gasteiger partial charge in [0.05, 0.1) is 17.3 Å². The molecule has 1 heterocycles. The van der Waals surface area contributed by atoms with Crippen molar-refractivity contribution in [2.75, 3.05) is 14.2 Å². The molecule has 2 aromatic rings. The highest BCUT2D eigenvalue weighted by Crippen LogP contribution is 2.25. The summed E-state index contributed by atoms with van der Waals surface area (Å²) in [5.74, 6) is 2.36. The maximum atomic E-state index is 5.23. The summed E-state index contributed by atoms with van der Waals surface area (Å²) < 4.78 is 11.3. The molecule has 0 spiro atoms. The third-order valence-electron chi connectivity index (χ3n) is 3.51. The molecule has 0 amide bonds. The Labute approximate surface area is 167 Å². The van der Waals surface area contributed by atoms with Gasteiger partial charge < -0.3 is 19.9 Å². The summed E-state index contributed by atoms with van der Waals surface area (Å²) in [6, 6.07) is 5.97. The van der Waals surface area contributed by atoms with Crippen LogP contribution in [0.5, 0.6) is 5.75 Å². The van der Waals surface area contributed by atoms with E-state index < -0.39 is 0 Å². The van der Waals surface area contributed by atoms with Gasteiger partial charge in [-0.05, 0) is 47.5 Å². The molecule has 0 bridgehead atoms. The Morgan fingerprint density at radius 1 is 1.29 bits per heavy atom. The molecule has 0 aliphatic heterocycles. The van der Waals surface area contributed by atoms with Crippen molar-refractivity contribution in [3.05, 3.63) is 45.3 Å². The number of hydrogen-bond donors (Lipinski definition) is 2. The van der Waals surface area contributed by atoms with Gasteiger partial charge in [0.15, 0.2) is 5.96 Å². The minimum atomic E-state index is 0. The van der Waals surface area contributed by atoms with Crippen molar-refractivity contribution >= 4 is 45.9 Å². The van der Waals surface area contributed by atoms with Gasteiger partial charge in [0.1, 0.15) is 11.5 Å². The second kappa shape index (κ2) is 9.87. The average molecular weight is 509 g/mol. The Balaban J connectivity index is 0.00000288. The summed E-state index contributed by atoms with van der Waals surface area (Å²) in [6.45, 7) is 5.11. The molecule has 2 N–H and O–H groups in total. The molecule has 0 unspecified atom stereocenters. The maximum Gasteiger partial charge on any atom is 0.191 e. The number of halogens is 2. The lowest BCUT2D eigenvalue weighted by Gasteiger charge is -2.12. The minimum absolute atomic E-state index is 0. The molecule has 0 aliphatic carbocycles. The number of ether oxygens (including phenoxy) is 1. The molecule has 0 saturated carbocycles. The van der Waals surface area contributed by atoms with E-state index in [4.69, 9.17) is 9.26 Å². The van der Waals surface area contributed by atoms with E-state index in [1.165, 1.54) is 0 Å². The largest absolute Gasteiger partial charge is 0.496 e. The Bertz CT molecular complexity index is 684. The van der Waals surface area contributed by atoms with Crippen LogP contribution in [0, 0.1) is 13.8 Å². The van der Waals surface area contributed by atoms with Crippen molar-refractivity contribution in [1.82, 2.24) is 15.8 Å². The molecule has 1 aromatic carbocycles. The van der Waals surface area contributed by atoms with Crippen LogP contribution in [-0.2, 0) is 13.1 Å². The second-order valence-corrected chi connectivity index (χ2v) is 5.91. The third-order valence-corrected chi connectivity index (χ3v) is 4.13. The first-order valence-electron chi connectivity index (χ1n) is 7.23. The smallest absolute Gasteiger partial charge is 0.191 e. The van der Waals surface area contributed by atoms with E-state index in [1.54, 1.807) is 14.2 Å². The Morgan fingerprint density at radius 2 is 2.00 bits per heavy atom. The van der Waals surface area contributed by atoms with Crippen LogP contribution in [0.1, 0.15) is 22.6 Å². The zero-order valence-electron chi connectivity index (χ0n) is 14.1. The molecular formula is C16H22BrIN4O2. The number of nitrogens with zero attached hydrogens (tertiary/aromatic N) is 2. The monoisotopic (exact) mass is 508 g/mol. The van der Waals surface area contributed by atoms with Gasteiger partial charge in [-0.2, -0.15) is 0 Å². The first-order chi connectivity index (χ1) is 11.0. The van der Waals surface area contributed by atoms with Gasteiger partial charge in [0.2, 0.25) is 0 Å². The molecule has 0 aliphatic rings. The summed E-state index contributed by atoms with van der Waals surface area (Å²) in [5, 5.41) is 10.5. The number of nitrogens with one attached hydrogen (secondary N) is 2. The predicted octanol–water partition coefficient (Wildman–Crippen LogP) is 3.55. The van der Waals surface area contributed by atoms with Gasteiger partial charge in [-0.3, -0.25) is 4.99 Å². The van der Waals surface area contributed by atoms with Crippen molar-refractivity contribution in [3.8, 4) is 5.75 Å². The summed E-state index contributed by atoms with van der Waals surface area (Å²) in [5.41, 5.74) is 3.07. The van der Waals surface area contributed by atoms with Crippen LogP contribution in [0.4, 0.5) is 0 Å². The van der Waals surface area contributed by atoms with Gasteiger partial charge in [-0.1, -0.05) is 11.2 Å². The molecule has 132 valence electrons. The summed E-state index contributed by atoms with van der Waals surface area (Å²) >= 11 is 3.49. The quantitative estimate of drug-likeness (QED) is 0.367. The second-order valence-electron chi connectivity index (χ2n) is 5.05. The van der Waals surface area contributed by atoms with Crippen LogP contribution in [0.2, 0.25) is 0 Å². The maximum absolute atomic E-state index is 5.23. The fourth-order valence-electron chi connectivity index (χ4n) is 2.15. The molecule has 2 rings (SSSR count).